The lowest BCUT2D eigenvalue weighted by molar-refractivity contribution is 0.122. The molecule has 174 valence electrons. The van der Waals surface area contributed by atoms with Crippen molar-refractivity contribution in [2.24, 2.45) is 0 Å². The molecule has 0 saturated carbocycles. The van der Waals surface area contributed by atoms with E-state index in [1.54, 1.807) is 32.8 Å². The van der Waals surface area contributed by atoms with Crippen LogP contribution in [0.2, 0.25) is 0 Å². The molecule has 0 radical (unpaired) electrons. The van der Waals surface area contributed by atoms with Crippen LogP contribution in [-0.4, -0.2) is 56.8 Å². The summed E-state index contributed by atoms with van der Waals surface area (Å²) >= 11 is 1.40. The van der Waals surface area contributed by atoms with Crippen LogP contribution in [0.5, 0.6) is 0 Å². The van der Waals surface area contributed by atoms with Crippen LogP contribution in [0, 0.1) is 11.8 Å². The zero-order chi connectivity index (χ0) is 23.7. The first-order valence-corrected chi connectivity index (χ1v) is 12.1. The average molecular weight is 474 g/mol. The van der Waals surface area contributed by atoms with Gasteiger partial charge in [0, 0.05) is 65.7 Å². The molecule has 34 heavy (non-hydrogen) atoms. The minimum Gasteiger partial charge on any atom is -0.383 e. The van der Waals surface area contributed by atoms with Gasteiger partial charge in [0.15, 0.2) is 5.60 Å². The van der Waals surface area contributed by atoms with E-state index in [1.165, 1.54) is 22.5 Å². The molecule has 3 aromatic heterocycles. The monoisotopic (exact) mass is 473 g/mol. The normalized spacial score (nSPS) is 16.9. The molecule has 1 unspecified atom stereocenters. The number of nitrogens with zero attached hydrogens (tertiary/aromatic N) is 5. The van der Waals surface area contributed by atoms with Gasteiger partial charge in [-0.15, -0.1) is 11.3 Å². The number of aliphatic hydroxyl groups is 1. The van der Waals surface area contributed by atoms with Gasteiger partial charge in [0.2, 0.25) is 0 Å². The molecule has 2 atom stereocenters. The molecule has 0 bridgehead atoms. The molecular formula is C26H27N5O2S. The van der Waals surface area contributed by atoms with Crippen LogP contribution in [0.1, 0.15) is 35.7 Å². The quantitative estimate of drug-likeness (QED) is 0.429. The van der Waals surface area contributed by atoms with Gasteiger partial charge in [-0.2, -0.15) is 0 Å². The highest BCUT2D eigenvalue weighted by Gasteiger charge is 2.33. The Hall–Kier alpha value is -3.09. The molecular weight excluding hydrogens is 446 g/mol. The molecule has 1 N–H and O–H groups in total. The summed E-state index contributed by atoms with van der Waals surface area (Å²) < 4.78 is 7.73. The minimum atomic E-state index is -1.30. The average Bonchev–Trinajstić information content (AvgIpc) is 3.59. The zero-order valence-corrected chi connectivity index (χ0v) is 20.3. The Labute approximate surface area is 203 Å². The number of hydrogen-bond acceptors (Lipinski definition) is 7. The third kappa shape index (κ3) is 4.12. The standard InChI is InChI=1S/C26H27N5O2S/c1-26(32,25-28-11-15-34-25)9-6-18-4-5-21-19(16-18)23(20-7-10-27-17-29-20)24-22(8-12-31(21)24)30(2)13-14-33-3/h4-5,7,10-11,15-17,22,32H,8,12-14H2,1-3H3/t22-,26?/m1/s1. The first-order valence-electron chi connectivity index (χ1n) is 11.3. The number of rotatable bonds is 6. The number of aromatic nitrogens is 4. The summed E-state index contributed by atoms with van der Waals surface area (Å²) in [7, 11) is 3.89. The van der Waals surface area contributed by atoms with E-state index < -0.39 is 5.60 Å². The fraction of sp³-hybridized carbons (Fsp3) is 0.346. The molecule has 4 aromatic rings. The van der Waals surface area contributed by atoms with Gasteiger partial charge in [-0.3, -0.25) is 4.90 Å². The number of aryl methyl sites for hydroxylation is 1. The smallest absolute Gasteiger partial charge is 0.174 e. The SMILES string of the molecule is COCCN(C)[C@@H]1CCn2c1c(-c1ccncn1)c1cc(C#CC(C)(O)c3nccs3)ccc12. The van der Waals surface area contributed by atoms with Crippen LogP contribution in [0.4, 0.5) is 0 Å². The Balaban J connectivity index is 1.62. The molecule has 5 rings (SSSR count). The lowest BCUT2D eigenvalue weighted by atomic mass is 10.00. The van der Waals surface area contributed by atoms with Gasteiger partial charge >= 0.3 is 0 Å². The van der Waals surface area contributed by atoms with Crippen molar-refractivity contribution in [2.45, 2.75) is 31.5 Å². The predicted molar refractivity (Wildman–Crippen MR) is 133 cm³/mol. The summed E-state index contributed by atoms with van der Waals surface area (Å²) in [5.74, 6) is 6.17. The van der Waals surface area contributed by atoms with Crippen LogP contribution >= 0.6 is 11.3 Å². The second-order valence-electron chi connectivity index (χ2n) is 8.68. The number of hydrogen-bond donors (Lipinski definition) is 1. The first kappa shape index (κ1) is 22.7. The summed E-state index contributed by atoms with van der Waals surface area (Å²) in [4.78, 5) is 15.3. The van der Waals surface area contributed by atoms with Gasteiger partial charge < -0.3 is 14.4 Å². The summed E-state index contributed by atoms with van der Waals surface area (Å²) in [5.41, 5.74) is 4.01. The van der Waals surface area contributed by atoms with Crippen LogP contribution < -0.4 is 0 Å². The number of ether oxygens (including phenoxy) is 1. The maximum atomic E-state index is 10.8. The zero-order valence-electron chi connectivity index (χ0n) is 19.5. The van der Waals surface area contributed by atoms with Crippen LogP contribution in [0.3, 0.4) is 0 Å². The number of benzene rings is 1. The summed E-state index contributed by atoms with van der Waals surface area (Å²) in [6, 6.07) is 8.49. The summed E-state index contributed by atoms with van der Waals surface area (Å²) in [6.07, 6.45) is 6.10. The molecule has 0 spiro atoms. The van der Waals surface area contributed by atoms with E-state index in [1.807, 2.05) is 17.5 Å². The van der Waals surface area contributed by atoms with Crippen molar-refractivity contribution >= 4 is 22.2 Å². The number of likely N-dealkylation sites (N-methyl/N-ethyl adjacent to an activating group) is 1. The van der Waals surface area contributed by atoms with Crippen molar-refractivity contribution in [2.75, 3.05) is 27.3 Å². The highest BCUT2D eigenvalue weighted by Crippen LogP contribution is 2.44. The van der Waals surface area contributed by atoms with Gasteiger partial charge in [0.1, 0.15) is 11.3 Å². The number of fused-ring (bicyclic) bond motifs is 3. The number of thiazole rings is 1. The van der Waals surface area contributed by atoms with Crippen molar-refractivity contribution in [3.05, 3.63) is 64.6 Å². The van der Waals surface area contributed by atoms with E-state index in [0.717, 1.165) is 41.7 Å². The Morgan fingerprint density at radius 2 is 2.18 bits per heavy atom. The maximum Gasteiger partial charge on any atom is 0.174 e. The minimum absolute atomic E-state index is 0.271. The lowest BCUT2D eigenvalue weighted by Gasteiger charge is -2.24. The van der Waals surface area contributed by atoms with E-state index in [9.17, 15) is 5.11 Å². The number of methoxy groups -OCH3 is 1. The molecule has 1 aliphatic heterocycles. The van der Waals surface area contributed by atoms with E-state index in [4.69, 9.17) is 4.74 Å². The molecule has 0 amide bonds. The fourth-order valence-corrected chi connectivity index (χ4v) is 5.32. The Bertz CT molecular complexity index is 1350. The third-order valence-corrected chi connectivity index (χ3v) is 7.35. The van der Waals surface area contributed by atoms with E-state index in [-0.39, 0.29) is 6.04 Å². The second-order valence-corrected chi connectivity index (χ2v) is 9.57. The molecule has 1 aliphatic rings. The Morgan fingerprint density at radius 1 is 1.29 bits per heavy atom. The first-order chi connectivity index (χ1) is 16.5. The van der Waals surface area contributed by atoms with Crippen LogP contribution in [0.25, 0.3) is 22.2 Å². The topological polar surface area (TPSA) is 76.3 Å². The largest absolute Gasteiger partial charge is 0.383 e. The molecule has 0 aliphatic carbocycles. The Kier molecular flexibility index (Phi) is 6.19. The fourth-order valence-electron chi connectivity index (χ4n) is 4.67. The van der Waals surface area contributed by atoms with Crippen LogP contribution in [-0.2, 0) is 16.9 Å². The third-order valence-electron chi connectivity index (χ3n) is 6.36. The van der Waals surface area contributed by atoms with E-state index in [0.29, 0.717) is 11.6 Å². The van der Waals surface area contributed by atoms with Crippen molar-refractivity contribution < 1.29 is 9.84 Å². The van der Waals surface area contributed by atoms with Crippen molar-refractivity contribution in [3.63, 3.8) is 0 Å². The van der Waals surface area contributed by atoms with Crippen molar-refractivity contribution in [1.82, 2.24) is 24.4 Å². The Morgan fingerprint density at radius 3 is 2.91 bits per heavy atom. The van der Waals surface area contributed by atoms with E-state index in [2.05, 4.69) is 55.4 Å². The molecule has 4 heterocycles. The maximum absolute atomic E-state index is 10.8. The molecule has 8 heteroatoms. The van der Waals surface area contributed by atoms with E-state index >= 15 is 0 Å². The van der Waals surface area contributed by atoms with Gasteiger partial charge in [0.25, 0.3) is 0 Å². The summed E-state index contributed by atoms with van der Waals surface area (Å²) in [5, 5.41) is 14.3. The van der Waals surface area contributed by atoms with Gasteiger partial charge in [-0.05, 0) is 44.7 Å². The van der Waals surface area contributed by atoms with Gasteiger partial charge in [-0.25, -0.2) is 15.0 Å². The van der Waals surface area contributed by atoms with Gasteiger partial charge in [-0.1, -0.05) is 11.8 Å². The molecule has 0 saturated heterocycles. The molecule has 0 fully saturated rings. The second kappa shape index (κ2) is 9.28. The summed E-state index contributed by atoms with van der Waals surface area (Å²) in [6.45, 7) is 4.17. The van der Waals surface area contributed by atoms with Crippen molar-refractivity contribution in [1.29, 1.82) is 0 Å². The van der Waals surface area contributed by atoms with Gasteiger partial charge in [0.05, 0.1) is 18.3 Å². The molecule has 1 aromatic carbocycles. The lowest BCUT2D eigenvalue weighted by Crippen LogP contribution is -2.27. The van der Waals surface area contributed by atoms with Crippen LogP contribution in [0.15, 0.2) is 48.4 Å². The predicted octanol–water partition coefficient (Wildman–Crippen LogP) is 3.84. The highest BCUT2D eigenvalue weighted by atomic mass is 32.1. The molecule has 7 nitrogen and oxygen atoms in total. The van der Waals surface area contributed by atoms with Crippen molar-refractivity contribution in [3.8, 4) is 23.1 Å². The highest BCUT2D eigenvalue weighted by molar-refractivity contribution is 7.09.